The zero-order valence-electron chi connectivity index (χ0n) is 10.7. The second kappa shape index (κ2) is 4.24. The van der Waals surface area contributed by atoms with Gasteiger partial charge < -0.3 is 4.98 Å². The lowest BCUT2D eigenvalue weighted by molar-refractivity contribution is 0.628. The maximum atomic E-state index is 13.0. The van der Waals surface area contributed by atoms with Crippen molar-refractivity contribution in [2.75, 3.05) is 0 Å². The lowest BCUT2D eigenvalue weighted by atomic mass is 10.2. The van der Waals surface area contributed by atoms with Crippen LogP contribution in [-0.2, 0) is 0 Å². The Bertz CT molecular complexity index is 1020. The molecule has 1 aromatic carbocycles. The molecular weight excluding hydrogens is 271 g/mol. The van der Waals surface area contributed by atoms with Gasteiger partial charge in [0.05, 0.1) is 11.2 Å². The first-order chi connectivity index (χ1) is 10.2. The average molecular weight is 280 g/mol. The second-order valence-electron chi connectivity index (χ2n) is 4.66. The fraction of sp³-hybridized carbons (Fsp3) is 0. The van der Waals surface area contributed by atoms with Gasteiger partial charge in [-0.25, -0.2) is 18.6 Å². The molecule has 0 aliphatic carbocycles. The molecule has 0 amide bonds. The molecule has 3 heterocycles. The number of pyridine rings is 1. The third-order valence-corrected chi connectivity index (χ3v) is 3.33. The van der Waals surface area contributed by atoms with Crippen molar-refractivity contribution in [3.8, 4) is 11.3 Å². The van der Waals surface area contributed by atoms with Gasteiger partial charge in [0.2, 0.25) is 0 Å². The maximum absolute atomic E-state index is 13.0. The molecule has 0 saturated heterocycles. The van der Waals surface area contributed by atoms with Crippen LogP contribution in [0.5, 0.6) is 0 Å². The van der Waals surface area contributed by atoms with E-state index >= 15 is 0 Å². The van der Waals surface area contributed by atoms with Crippen molar-refractivity contribution < 1.29 is 4.39 Å². The molecule has 0 spiro atoms. The minimum absolute atomic E-state index is 0.286. The summed E-state index contributed by atoms with van der Waals surface area (Å²) < 4.78 is 14.4. The second-order valence-corrected chi connectivity index (χ2v) is 4.66. The summed E-state index contributed by atoms with van der Waals surface area (Å²) in [5, 5.41) is 0. The smallest absolute Gasteiger partial charge is 0.305 e. The molecule has 0 aliphatic rings. The standard InChI is InChI=1S/C15H9FN4O/c16-10-5-3-9(4-6-10)12-8-20-14(18-12)13-11(19-15(20)21)2-1-7-17-13/h1-8H,(H,19,21). The molecule has 1 N–H and O–H groups in total. The van der Waals surface area contributed by atoms with Crippen LogP contribution in [0.1, 0.15) is 0 Å². The summed E-state index contributed by atoms with van der Waals surface area (Å²) in [6.45, 7) is 0. The van der Waals surface area contributed by atoms with Gasteiger partial charge in [-0.2, -0.15) is 0 Å². The minimum atomic E-state index is -0.313. The molecule has 102 valence electrons. The normalized spacial score (nSPS) is 11.3. The molecule has 4 aromatic rings. The van der Waals surface area contributed by atoms with Crippen molar-refractivity contribution in [2.45, 2.75) is 0 Å². The molecule has 6 heteroatoms. The number of hydrogen-bond donors (Lipinski definition) is 1. The summed E-state index contributed by atoms with van der Waals surface area (Å²) in [5.74, 6) is -0.313. The monoisotopic (exact) mass is 280 g/mol. The van der Waals surface area contributed by atoms with E-state index in [1.165, 1.54) is 16.5 Å². The molecule has 4 rings (SSSR count). The lowest BCUT2D eigenvalue weighted by Gasteiger charge is -1.97. The number of hydrogen-bond acceptors (Lipinski definition) is 3. The SMILES string of the molecule is O=c1[nH]c2cccnc2c2nc(-c3ccc(F)cc3)cn12. The first kappa shape index (κ1) is 11.8. The van der Waals surface area contributed by atoms with E-state index in [9.17, 15) is 9.18 Å². The van der Waals surface area contributed by atoms with Crippen LogP contribution >= 0.6 is 0 Å². The number of aromatic nitrogens is 4. The van der Waals surface area contributed by atoms with E-state index in [-0.39, 0.29) is 11.5 Å². The Morgan fingerprint density at radius 3 is 2.76 bits per heavy atom. The van der Waals surface area contributed by atoms with E-state index in [0.29, 0.717) is 22.4 Å². The number of nitrogens with one attached hydrogen (secondary N) is 1. The molecular formula is C15H9FN4O. The quantitative estimate of drug-likeness (QED) is 0.582. The largest absolute Gasteiger partial charge is 0.331 e. The molecule has 21 heavy (non-hydrogen) atoms. The number of nitrogens with zero attached hydrogens (tertiary/aromatic N) is 3. The van der Waals surface area contributed by atoms with E-state index in [0.717, 1.165) is 5.56 Å². The summed E-state index contributed by atoms with van der Waals surface area (Å²) in [7, 11) is 0. The third-order valence-electron chi connectivity index (χ3n) is 3.33. The van der Waals surface area contributed by atoms with Gasteiger partial charge >= 0.3 is 5.69 Å². The van der Waals surface area contributed by atoms with Crippen LogP contribution in [0.4, 0.5) is 4.39 Å². The Labute approximate surface area is 117 Å². The van der Waals surface area contributed by atoms with E-state index < -0.39 is 0 Å². The maximum Gasteiger partial charge on any atom is 0.331 e. The number of fused-ring (bicyclic) bond motifs is 3. The van der Waals surface area contributed by atoms with Crippen LogP contribution < -0.4 is 5.69 Å². The van der Waals surface area contributed by atoms with Gasteiger partial charge in [0.1, 0.15) is 11.3 Å². The Hall–Kier alpha value is -3.02. The third kappa shape index (κ3) is 1.80. The van der Waals surface area contributed by atoms with Gasteiger partial charge in [-0.1, -0.05) is 0 Å². The molecule has 0 bridgehead atoms. The zero-order valence-corrected chi connectivity index (χ0v) is 10.7. The van der Waals surface area contributed by atoms with Gasteiger partial charge in [-0.3, -0.25) is 4.98 Å². The van der Waals surface area contributed by atoms with E-state index in [2.05, 4.69) is 15.0 Å². The highest BCUT2D eigenvalue weighted by atomic mass is 19.1. The molecule has 3 aromatic heterocycles. The molecule has 0 atom stereocenters. The Morgan fingerprint density at radius 2 is 1.95 bits per heavy atom. The Balaban J connectivity index is 2.05. The number of halogens is 1. The average Bonchev–Trinajstić information content (AvgIpc) is 2.94. The van der Waals surface area contributed by atoms with Crippen LogP contribution in [0.15, 0.2) is 53.6 Å². The van der Waals surface area contributed by atoms with Gasteiger partial charge in [-0.05, 0) is 36.4 Å². The van der Waals surface area contributed by atoms with Crippen LogP contribution in [0.25, 0.3) is 27.9 Å². The topological polar surface area (TPSA) is 63.0 Å². The molecule has 5 nitrogen and oxygen atoms in total. The minimum Gasteiger partial charge on any atom is -0.305 e. The van der Waals surface area contributed by atoms with Crippen LogP contribution in [0, 0.1) is 5.82 Å². The summed E-state index contributed by atoms with van der Waals surface area (Å²) in [6.07, 6.45) is 3.27. The first-order valence-electron chi connectivity index (χ1n) is 6.34. The van der Waals surface area contributed by atoms with Gasteiger partial charge in [-0.15, -0.1) is 0 Å². The van der Waals surface area contributed by atoms with Crippen LogP contribution in [0.2, 0.25) is 0 Å². The van der Waals surface area contributed by atoms with E-state index in [1.807, 2.05) is 0 Å². The fourth-order valence-electron chi connectivity index (χ4n) is 2.32. The molecule has 0 unspecified atom stereocenters. The van der Waals surface area contributed by atoms with Crippen molar-refractivity contribution in [1.82, 2.24) is 19.4 Å². The number of H-pyrrole nitrogens is 1. The summed E-state index contributed by atoms with van der Waals surface area (Å²) in [4.78, 5) is 23.5. The molecule has 0 aliphatic heterocycles. The van der Waals surface area contributed by atoms with Crippen molar-refractivity contribution in [2.24, 2.45) is 0 Å². The van der Waals surface area contributed by atoms with Crippen molar-refractivity contribution in [3.05, 3.63) is 65.1 Å². The highest BCUT2D eigenvalue weighted by Gasteiger charge is 2.11. The van der Waals surface area contributed by atoms with Crippen molar-refractivity contribution in [3.63, 3.8) is 0 Å². The van der Waals surface area contributed by atoms with Crippen molar-refractivity contribution >= 4 is 16.7 Å². The van der Waals surface area contributed by atoms with E-state index in [4.69, 9.17) is 0 Å². The highest BCUT2D eigenvalue weighted by Crippen LogP contribution is 2.21. The Kier molecular flexibility index (Phi) is 2.38. The first-order valence-corrected chi connectivity index (χ1v) is 6.34. The van der Waals surface area contributed by atoms with Crippen LogP contribution in [0.3, 0.4) is 0 Å². The summed E-state index contributed by atoms with van der Waals surface area (Å²) in [5.41, 5.74) is 2.78. The Morgan fingerprint density at radius 1 is 1.14 bits per heavy atom. The summed E-state index contributed by atoms with van der Waals surface area (Å²) >= 11 is 0. The predicted octanol–water partition coefficient (Wildman–Crippen LogP) is 2.38. The molecule has 0 saturated carbocycles. The number of imidazole rings is 1. The fourth-order valence-corrected chi connectivity index (χ4v) is 2.32. The molecule has 0 fully saturated rings. The van der Waals surface area contributed by atoms with Crippen molar-refractivity contribution in [1.29, 1.82) is 0 Å². The number of benzene rings is 1. The van der Waals surface area contributed by atoms with Gasteiger partial charge in [0.15, 0.2) is 5.65 Å². The predicted molar refractivity (Wildman–Crippen MR) is 76.5 cm³/mol. The lowest BCUT2D eigenvalue weighted by Crippen LogP contribution is -2.15. The zero-order chi connectivity index (χ0) is 14.4. The summed E-state index contributed by atoms with van der Waals surface area (Å²) in [6, 6.07) is 9.50. The molecule has 0 radical (unpaired) electrons. The highest BCUT2D eigenvalue weighted by molar-refractivity contribution is 5.88. The number of aromatic amines is 1. The van der Waals surface area contributed by atoms with E-state index in [1.54, 1.807) is 36.7 Å². The number of rotatable bonds is 1. The van der Waals surface area contributed by atoms with Gasteiger partial charge in [0, 0.05) is 18.0 Å². The van der Waals surface area contributed by atoms with Crippen LogP contribution in [-0.4, -0.2) is 19.4 Å². The van der Waals surface area contributed by atoms with Gasteiger partial charge in [0.25, 0.3) is 0 Å².